The summed E-state index contributed by atoms with van der Waals surface area (Å²) in [6.45, 7) is 1.68. The monoisotopic (exact) mass is 329 g/mol. The van der Waals surface area contributed by atoms with E-state index >= 15 is 0 Å². The number of halogens is 2. The van der Waals surface area contributed by atoms with E-state index in [0.29, 0.717) is 0 Å². The average Bonchev–Trinajstić information content (AvgIpc) is 2.53. The van der Waals surface area contributed by atoms with E-state index in [2.05, 4.69) is 47.8 Å². The predicted molar refractivity (Wildman–Crippen MR) is 95.8 cm³/mol. The van der Waals surface area contributed by atoms with Gasteiger partial charge >= 0.3 is 0 Å². The predicted octanol–water partition coefficient (Wildman–Crippen LogP) is 5.48. The van der Waals surface area contributed by atoms with Crippen LogP contribution in [0, 0.1) is 0 Å². The lowest BCUT2D eigenvalue weighted by Crippen LogP contribution is -2.17. The second-order valence-electron chi connectivity index (χ2n) is 5.31. The molecular formula is C19H17Cl2N. The van der Waals surface area contributed by atoms with E-state index in [1.807, 2.05) is 18.2 Å². The normalized spacial score (nSPS) is 11.0. The Kier molecular flexibility index (Phi) is 4.99. The number of hydrogen-bond acceptors (Lipinski definition) is 1. The maximum Gasteiger partial charge on any atom is 0.0453 e. The van der Waals surface area contributed by atoms with Crippen molar-refractivity contribution in [1.29, 1.82) is 0 Å². The molecule has 0 saturated carbocycles. The molecule has 1 N–H and O–H groups in total. The second-order valence-corrected chi connectivity index (χ2v) is 6.12. The first-order valence-electron chi connectivity index (χ1n) is 7.35. The molecule has 3 aromatic carbocycles. The van der Waals surface area contributed by atoms with Crippen LogP contribution >= 0.6 is 23.2 Å². The lowest BCUT2D eigenvalue weighted by molar-refractivity contribution is 0.687. The van der Waals surface area contributed by atoms with Gasteiger partial charge in [-0.3, -0.25) is 0 Å². The first-order chi connectivity index (χ1) is 10.7. The zero-order chi connectivity index (χ0) is 15.4. The van der Waals surface area contributed by atoms with Gasteiger partial charge in [0.2, 0.25) is 0 Å². The molecule has 0 unspecified atom stereocenters. The van der Waals surface area contributed by atoms with Gasteiger partial charge in [-0.05, 0) is 53.1 Å². The summed E-state index contributed by atoms with van der Waals surface area (Å²) in [5.74, 6) is 0. The van der Waals surface area contributed by atoms with Crippen LogP contribution in [0.1, 0.15) is 11.1 Å². The van der Waals surface area contributed by atoms with Crippen molar-refractivity contribution in [2.45, 2.75) is 13.0 Å². The number of rotatable bonds is 5. The van der Waals surface area contributed by atoms with Crippen molar-refractivity contribution in [2.24, 2.45) is 0 Å². The molecule has 0 amide bonds. The Morgan fingerprint density at radius 1 is 0.773 bits per heavy atom. The Bertz CT molecular complexity index is 763. The van der Waals surface area contributed by atoms with E-state index in [4.69, 9.17) is 23.2 Å². The molecule has 0 bridgehead atoms. The fraction of sp³-hybridized carbons (Fsp3) is 0.158. The highest BCUT2D eigenvalue weighted by molar-refractivity contribution is 6.35. The van der Waals surface area contributed by atoms with Crippen LogP contribution in [0.4, 0.5) is 0 Å². The van der Waals surface area contributed by atoms with Crippen LogP contribution in [0.5, 0.6) is 0 Å². The summed E-state index contributed by atoms with van der Waals surface area (Å²) in [5, 5.41) is 7.47. The summed E-state index contributed by atoms with van der Waals surface area (Å²) in [4.78, 5) is 0. The van der Waals surface area contributed by atoms with Crippen molar-refractivity contribution in [3.05, 3.63) is 81.8 Å². The van der Waals surface area contributed by atoms with Crippen LogP contribution in [-0.4, -0.2) is 6.54 Å². The molecule has 3 heteroatoms. The van der Waals surface area contributed by atoms with Gasteiger partial charge < -0.3 is 5.32 Å². The third kappa shape index (κ3) is 3.61. The Morgan fingerprint density at radius 3 is 2.27 bits per heavy atom. The number of nitrogens with one attached hydrogen (secondary N) is 1. The number of hydrogen-bond donors (Lipinski definition) is 1. The van der Waals surface area contributed by atoms with Crippen LogP contribution in [0.15, 0.2) is 60.7 Å². The highest BCUT2D eigenvalue weighted by Gasteiger charge is 2.04. The van der Waals surface area contributed by atoms with E-state index in [1.54, 1.807) is 0 Å². The fourth-order valence-electron chi connectivity index (χ4n) is 2.57. The lowest BCUT2D eigenvalue weighted by atomic mass is 10.1. The molecule has 22 heavy (non-hydrogen) atoms. The zero-order valence-electron chi connectivity index (χ0n) is 12.2. The molecule has 0 aliphatic heterocycles. The van der Waals surface area contributed by atoms with Crippen LogP contribution < -0.4 is 5.32 Å². The van der Waals surface area contributed by atoms with Gasteiger partial charge in [0.25, 0.3) is 0 Å². The summed E-state index contributed by atoms with van der Waals surface area (Å²) < 4.78 is 0. The third-order valence-corrected chi connectivity index (χ3v) is 4.46. The summed E-state index contributed by atoms with van der Waals surface area (Å²) in [6.07, 6.45) is 0.825. The largest absolute Gasteiger partial charge is 0.312 e. The molecular weight excluding hydrogens is 313 g/mol. The Labute approximate surface area is 140 Å². The van der Waals surface area contributed by atoms with Gasteiger partial charge in [0, 0.05) is 16.6 Å². The minimum atomic E-state index is 0.736. The van der Waals surface area contributed by atoms with Gasteiger partial charge in [-0.25, -0.2) is 0 Å². The topological polar surface area (TPSA) is 12.0 Å². The summed E-state index contributed by atoms with van der Waals surface area (Å²) >= 11 is 12.4. The third-order valence-electron chi connectivity index (χ3n) is 3.76. The Morgan fingerprint density at radius 2 is 1.50 bits per heavy atom. The molecule has 3 rings (SSSR count). The highest BCUT2D eigenvalue weighted by Crippen LogP contribution is 2.24. The van der Waals surface area contributed by atoms with Crippen molar-refractivity contribution in [3.63, 3.8) is 0 Å². The van der Waals surface area contributed by atoms with E-state index in [1.165, 1.54) is 16.3 Å². The van der Waals surface area contributed by atoms with Crippen LogP contribution in [-0.2, 0) is 13.0 Å². The van der Waals surface area contributed by atoms with E-state index in [-0.39, 0.29) is 0 Å². The molecule has 0 heterocycles. The molecule has 0 spiro atoms. The number of fused-ring (bicyclic) bond motifs is 1. The van der Waals surface area contributed by atoms with Gasteiger partial charge in [-0.15, -0.1) is 0 Å². The van der Waals surface area contributed by atoms with Crippen molar-refractivity contribution >= 4 is 34.0 Å². The maximum atomic E-state index is 6.18. The molecule has 1 nitrogen and oxygen atoms in total. The molecule has 3 aromatic rings. The molecule has 0 atom stereocenters. The molecule has 0 aliphatic carbocycles. The molecule has 0 radical (unpaired) electrons. The zero-order valence-corrected chi connectivity index (χ0v) is 13.7. The summed E-state index contributed by atoms with van der Waals surface area (Å²) in [7, 11) is 0. The molecule has 0 aliphatic rings. The Hall–Kier alpha value is -1.54. The van der Waals surface area contributed by atoms with Crippen LogP contribution in [0.25, 0.3) is 10.8 Å². The summed E-state index contributed by atoms with van der Waals surface area (Å²) in [6, 6.07) is 20.6. The van der Waals surface area contributed by atoms with E-state index < -0.39 is 0 Å². The van der Waals surface area contributed by atoms with Crippen molar-refractivity contribution < 1.29 is 0 Å². The minimum Gasteiger partial charge on any atom is -0.312 e. The molecule has 0 saturated heterocycles. The van der Waals surface area contributed by atoms with Crippen LogP contribution in [0.3, 0.4) is 0 Å². The van der Waals surface area contributed by atoms with E-state index in [0.717, 1.165) is 35.1 Å². The quantitative estimate of drug-likeness (QED) is 0.611. The second kappa shape index (κ2) is 7.15. The first-order valence-corrected chi connectivity index (χ1v) is 8.11. The standard InChI is InChI=1S/C19H17Cl2N/c20-18-6-3-7-19(21)17(18)10-11-22-13-14-8-9-15-4-1-2-5-16(15)12-14/h1-9,12,22H,10-11,13H2. The molecule has 112 valence electrons. The molecule has 0 aromatic heterocycles. The van der Waals surface area contributed by atoms with Crippen molar-refractivity contribution in [3.8, 4) is 0 Å². The summed E-state index contributed by atoms with van der Waals surface area (Å²) in [5.41, 5.74) is 2.29. The van der Waals surface area contributed by atoms with Gasteiger partial charge in [-0.2, -0.15) is 0 Å². The number of benzene rings is 3. The SMILES string of the molecule is Clc1cccc(Cl)c1CCNCc1ccc2ccccc2c1. The minimum absolute atomic E-state index is 0.736. The Balaban J connectivity index is 1.58. The smallest absolute Gasteiger partial charge is 0.0453 e. The van der Waals surface area contributed by atoms with Gasteiger partial charge in [-0.1, -0.05) is 65.7 Å². The first kappa shape index (κ1) is 15.4. The maximum absolute atomic E-state index is 6.18. The van der Waals surface area contributed by atoms with E-state index in [9.17, 15) is 0 Å². The molecule has 0 fully saturated rings. The van der Waals surface area contributed by atoms with Crippen LogP contribution in [0.2, 0.25) is 10.0 Å². The lowest BCUT2D eigenvalue weighted by Gasteiger charge is -2.09. The van der Waals surface area contributed by atoms with Gasteiger partial charge in [0.15, 0.2) is 0 Å². The average molecular weight is 330 g/mol. The van der Waals surface area contributed by atoms with Gasteiger partial charge in [0.05, 0.1) is 0 Å². The highest BCUT2D eigenvalue weighted by atomic mass is 35.5. The van der Waals surface area contributed by atoms with Gasteiger partial charge in [0.1, 0.15) is 0 Å². The van der Waals surface area contributed by atoms with Crippen molar-refractivity contribution in [2.75, 3.05) is 6.54 Å². The fourth-order valence-corrected chi connectivity index (χ4v) is 3.15. The van der Waals surface area contributed by atoms with Crippen molar-refractivity contribution in [1.82, 2.24) is 5.32 Å².